The number of ether oxygens (including phenoxy) is 2. The Morgan fingerprint density at radius 1 is 1.07 bits per heavy atom. The van der Waals surface area contributed by atoms with Crippen molar-refractivity contribution in [3.05, 3.63) is 53.8 Å². The van der Waals surface area contributed by atoms with Crippen LogP contribution in [-0.2, 0) is 20.6 Å². The molecule has 0 aliphatic carbocycles. The Kier molecular flexibility index (Phi) is 6.63. The third-order valence-electron chi connectivity index (χ3n) is 3.91. The number of sulfonamides is 1. The molecule has 0 radical (unpaired) electrons. The zero-order chi connectivity index (χ0) is 20.9. The maximum absolute atomic E-state index is 13.0. The van der Waals surface area contributed by atoms with Crippen LogP contribution in [0.4, 0.5) is 10.1 Å². The average molecular weight is 410 g/mol. The van der Waals surface area contributed by atoms with Crippen LogP contribution in [0.25, 0.3) is 0 Å². The summed E-state index contributed by atoms with van der Waals surface area (Å²) in [6, 6.07) is 9.95. The van der Waals surface area contributed by atoms with Crippen LogP contribution in [0.1, 0.15) is 19.4 Å². The lowest BCUT2D eigenvalue weighted by atomic mass is 10.1. The van der Waals surface area contributed by atoms with Crippen molar-refractivity contribution in [1.29, 1.82) is 0 Å². The van der Waals surface area contributed by atoms with Crippen molar-refractivity contribution < 1.29 is 27.1 Å². The fourth-order valence-electron chi connectivity index (χ4n) is 2.45. The molecule has 0 fully saturated rings. The van der Waals surface area contributed by atoms with Gasteiger partial charge in [0.2, 0.25) is 15.9 Å². The summed E-state index contributed by atoms with van der Waals surface area (Å²) < 4.78 is 50.6. The Morgan fingerprint density at radius 3 is 2.29 bits per heavy atom. The second kappa shape index (κ2) is 8.57. The van der Waals surface area contributed by atoms with E-state index < -0.39 is 27.3 Å². The van der Waals surface area contributed by atoms with E-state index in [4.69, 9.17) is 9.47 Å². The molecule has 0 aliphatic rings. The largest absolute Gasteiger partial charge is 0.497 e. The van der Waals surface area contributed by atoms with Gasteiger partial charge in [-0.15, -0.1) is 0 Å². The van der Waals surface area contributed by atoms with Crippen molar-refractivity contribution in [3.8, 4) is 11.5 Å². The minimum Gasteiger partial charge on any atom is -0.497 e. The molecule has 152 valence electrons. The third kappa shape index (κ3) is 5.67. The summed E-state index contributed by atoms with van der Waals surface area (Å²) in [5.41, 5.74) is -0.662. The summed E-state index contributed by atoms with van der Waals surface area (Å²) in [6.45, 7) is 2.89. The molecule has 7 nitrogen and oxygen atoms in total. The summed E-state index contributed by atoms with van der Waals surface area (Å²) in [4.78, 5) is 12.7. The van der Waals surface area contributed by atoms with E-state index in [-0.39, 0.29) is 5.75 Å². The number of carbonyl (C=O) groups excluding carboxylic acids is 1. The molecular weight excluding hydrogens is 387 g/mol. The van der Waals surface area contributed by atoms with Gasteiger partial charge in [-0.1, -0.05) is 12.1 Å². The summed E-state index contributed by atoms with van der Waals surface area (Å²) >= 11 is 0. The van der Waals surface area contributed by atoms with Crippen molar-refractivity contribution in [3.63, 3.8) is 0 Å². The van der Waals surface area contributed by atoms with E-state index in [1.54, 1.807) is 18.2 Å². The first-order chi connectivity index (χ1) is 13.1. The number of rotatable bonds is 8. The quantitative estimate of drug-likeness (QED) is 0.698. The number of benzene rings is 2. The molecule has 2 N–H and O–H groups in total. The number of hydrogen-bond donors (Lipinski definition) is 2. The predicted molar refractivity (Wildman–Crippen MR) is 104 cm³/mol. The Hall–Kier alpha value is -2.65. The predicted octanol–water partition coefficient (Wildman–Crippen LogP) is 2.68. The second-order valence-corrected chi connectivity index (χ2v) is 8.36. The van der Waals surface area contributed by atoms with E-state index in [1.807, 2.05) is 0 Å². The van der Waals surface area contributed by atoms with Crippen LogP contribution in [0.15, 0.2) is 42.5 Å². The van der Waals surface area contributed by atoms with Gasteiger partial charge in [0.05, 0.1) is 25.7 Å². The first-order valence-corrected chi connectivity index (χ1v) is 10.0. The number of anilines is 1. The van der Waals surface area contributed by atoms with Crippen LogP contribution in [0, 0.1) is 5.82 Å². The summed E-state index contributed by atoms with van der Waals surface area (Å²) in [5.74, 6) is -0.483. The zero-order valence-corrected chi connectivity index (χ0v) is 16.9. The third-order valence-corrected chi connectivity index (χ3v) is 5.44. The lowest BCUT2D eigenvalue weighted by Crippen LogP contribution is -2.52. The molecule has 0 atom stereocenters. The minimum atomic E-state index is -3.85. The van der Waals surface area contributed by atoms with Crippen molar-refractivity contribution in [2.24, 2.45) is 0 Å². The number of halogens is 1. The highest BCUT2D eigenvalue weighted by Crippen LogP contribution is 2.29. The summed E-state index contributed by atoms with van der Waals surface area (Å²) in [5, 5.41) is 2.65. The highest BCUT2D eigenvalue weighted by molar-refractivity contribution is 7.88. The standard InChI is InChI=1S/C19H23FN2O5S/c1-19(2,22-28(24,25)12-13-5-7-14(20)8-6-13)18(23)21-16-10-9-15(26-3)11-17(16)27-4/h5-11,22H,12H2,1-4H3,(H,21,23). The maximum Gasteiger partial charge on any atom is 0.245 e. The maximum atomic E-state index is 13.0. The van der Waals surface area contributed by atoms with E-state index in [2.05, 4.69) is 10.0 Å². The van der Waals surface area contributed by atoms with Crippen molar-refractivity contribution in [2.45, 2.75) is 25.1 Å². The monoisotopic (exact) mass is 410 g/mol. The van der Waals surface area contributed by atoms with E-state index in [0.29, 0.717) is 22.7 Å². The second-order valence-electron chi connectivity index (χ2n) is 6.63. The molecule has 0 saturated heterocycles. The fraction of sp³-hybridized carbons (Fsp3) is 0.316. The van der Waals surface area contributed by atoms with Gasteiger partial charge in [-0.05, 0) is 43.7 Å². The molecular formula is C19H23FN2O5S. The molecule has 0 saturated carbocycles. The Bertz CT molecular complexity index is 943. The zero-order valence-electron chi connectivity index (χ0n) is 16.1. The fourth-order valence-corrected chi connectivity index (χ4v) is 4.03. The Labute approximate surface area is 163 Å². The number of methoxy groups -OCH3 is 2. The van der Waals surface area contributed by atoms with E-state index >= 15 is 0 Å². The molecule has 0 aromatic heterocycles. The summed E-state index contributed by atoms with van der Waals surface area (Å²) in [7, 11) is -0.902. The molecule has 0 aliphatic heterocycles. The highest BCUT2D eigenvalue weighted by Gasteiger charge is 2.33. The van der Waals surface area contributed by atoms with Gasteiger partial charge in [-0.25, -0.2) is 12.8 Å². The molecule has 0 bridgehead atoms. The van der Waals surface area contributed by atoms with E-state index in [9.17, 15) is 17.6 Å². The first-order valence-electron chi connectivity index (χ1n) is 8.36. The van der Waals surface area contributed by atoms with Gasteiger partial charge in [-0.3, -0.25) is 4.79 Å². The van der Waals surface area contributed by atoms with Crippen molar-refractivity contribution >= 4 is 21.6 Å². The molecule has 0 unspecified atom stereocenters. The van der Waals surface area contributed by atoms with Crippen LogP contribution < -0.4 is 19.5 Å². The van der Waals surface area contributed by atoms with Crippen LogP contribution >= 0.6 is 0 Å². The van der Waals surface area contributed by atoms with Crippen LogP contribution in [-0.4, -0.2) is 34.1 Å². The lowest BCUT2D eigenvalue weighted by Gasteiger charge is -2.25. The van der Waals surface area contributed by atoms with E-state index in [1.165, 1.54) is 52.3 Å². The Balaban J connectivity index is 2.12. The van der Waals surface area contributed by atoms with Gasteiger partial charge < -0.3 is 14.8 Å². The van der Waals surface area contributed by atoms with Gasteiger partial charge in [0, 0.05) is 6.07 Å². The Morgan fingerprint density at radius 2 is 1.71 bits per heavy atom. The average Bonchev–Trinajstić information content (AvgIpc) is 2.62. The SMILES string of the molecule is COc1ccc(NC(=O)C(C)(C)NS(=O)(=O)Cc2ccc(F)cc2)c(OC)c1. The molecule has 0 spiro atoms. The smallest absolute Gasteiger partial charge is 0.245 e. The molecule has 2 aromatic rings. The van der Waals surface area contributed by atoms with E-state index in [0.717, 1.165) is 0 Å². The van der Waals surface area contributed by atoms with Crippen molar-refractivity contribution in [1.82, 2.24) is 4.72 Å². The highest BCUT2D eigenvalue weighted by atomic mass is 32.2. The minimum absolute atomic E-state index is 0.373. The van der Waals surface area contributed by atoms with Crippen LogP contribution in [0.5, 0.6) is 11.5 Å². The molecule has 2 aromatic carbocycles. The molecule has 9 heteroatoms. The molecule has 1 amide bonds. The molecule has 0 heterocycles. The number of amides is 1. The van der Waals surface area contributed by atoms with Crippen molar-refractivity contribution in [2.75, 3.05) is 19.5 Å². The number of nitrogens with one attached hydrogen (secondary N) is 2. The molecule has 2 rings (SSSR count). The molecule has 28 heavy (non-hydrogen) atoms. The van der Waals surface area contributed by atoms with Gasteiger partial charge in [-0.2, -0.15) is 4.72 Å². The van der Waals surface area contributed by atoms with Gasteiger partial charge >= 0.3 is 0 Å². The topological polar surface area (TPSA) is 93.7 Å². The summed E-state index contributed by atoms with van der Waals surface area (Å²) in [6.07, 6.45) is 0. The van der Waals surface area contributed by atoms with Gasteiger partial charge in [0.15, 0.2) is 0 Å². The van der Waals surface area contributed by atoms with Gasteiger partial charge in [0.1, 0.15) is 22.9 Å². The number of hydrogen-bond acceptors (Lipinski definition) is 5. The first kappa shape index (κ1) is 21.6. The normalized spacial score (nSPS) is 11.8. The van der Waals surface area contributed by atoms with Crippen LogP contribution in [0.3, 0.4) is 0 Å². The van der Waals surface area contributed by atoms with Gasteiger partial charge in [0.25, 0.3) is 0 Å². The number of carbonyl (C=O) groups is 1. The lowest BCUT2D eigenvalue weighted by molar-refractivity contribution is -0.120. The van der Waals surface area contributed by atoms with Crippen LogP contribution in [0.2, 0.25) is 0 Å².